The van der Waals surface area contributed by atoms with Crippen molar-refractivity contribution in [1.82, 2.24) is 5.32 Å². The van der Waals surface area contributed by atoms with E-state index in [0.717, 1.165) is 13.0 Å². The molecule has 2 aliphatic rings. The summed E-state index contributed by atoms with van der Waals surface area (Å²) in [5.41, 5.74) is 4.08. The van der Waals surface area contributed by atoms with Crippen LogP contribution in [0.4, 0.5) is 0 Å². The number of benzene rings is 1. The zero-order valence-corrected chi connectivity index (χ0v) is 8.92. The first-order chi connectivity index (χ1) is 7.36. The summed E-state index contributed by atoms with van der Waals surface area (Å²) in [6.45, 7) is 1.09. The third-order valence-corrected chi connectivity index (χ3v) is 3.71. The largest absolute Gasteiger partial charge is 0.508 e. The molecular formula is C13H17NO. The fourth-order valence-corrected chi connectivity index (χ4v) is 3.00. The van der Waals surface area contributed by atoms with E-state index in [-0.39, 0.29) is 0 Å². The van der Waals surface area contributed by atoms with Crippen molar-refractivity contribution in [3.63, 3.8) is 0 Å². The number of hydrogen-bond acceptors (Lipinski definition) is 2. The molecule has 1 aliphatic heterocycles. The van der Waals surface area contributed by atoms with E-state index in [4.69, 9.17) is 0 Å². The minimum Gasteiger partial charge on any atom is -0.508 e. The van der Waals surface area contributed by atoms with E-state index in [1.807, 2.05) is 6.07 Å². The molecule has 3 rings (SSSR count). The number of fused-ring (bicyclic) bond motifs is 1. The standard InChI is InChI=1S/C13H17NO/c15-12-7-6-9-3-1-4-10(9)13(12)11-5-2-8-14-11/h6-7,11,14-15H,1-5,8H2. The van der Waals surface area contributed by atoms with Crippen LogP contribution in [-0.4, -0.2) is 11.7 Å². The summed E-state index contributed by atoms with van der Waals surface area (Å²) in [5, 5.41) is 13.5. The van der Waals surface area contributed by atoms with Gasteiger partial charge in [0.1, 0.15) is 5.75 Å². The molecule has 0 spiro atoms. The molecule has 0 bridgehead atoms. The van der Waals surface area contributed by atoms with E-state index in [0.29, 0.717) is 11.8 Å². The predicted octanol–water partition coefficient (Wildman–Crippen LogP) is 2.31. The van der Waals surface area contributed by atoms with Crippen molar-refractivity contribution in [3.05, 3.63) is 28.8 Å². The molecule has 1 aromatic rings. The van der Waals surface area contributed by atoms with Crippen molar-refractivity contribution in [2.45, 2.75) is 38.1 Å². The predicted molar refractivity (Wildman–Crippen MR) is 60.1 cm³/mol. The van der Waals surface area contributed by atoms with Crippen molar-refractivity contribution in [2.24, 2.45) is 0 Å². The van der Waals surface area contributed by atoms with E-state index in [9.17, 15) is 5.11 Å². The van der Waals surface area contributed by atoms with Crippen molar-refractivity contribution >= 4 is 0 Å². The highest BCUT2D eigenvalue weighted by atomic mass is 16.3. The van der Waals surface area contributed by atoms with Gasteiger partial charge < -0.3 is 10.4 Å². The van der Waals surface area contributed by atoms with E-state index < -0.39 is 0 Å². The van der Waals surface area contributed by atoms with Gasteiger partial charge in [-0.2, -0.15) is 0 Å². The zero-order valence-electron chi connectivity index (χ0n) is 8.92. The van der Waals surface area contributed by atoms with Crippen LogP contribution in [-0.2, 0) is 12.8 Å². The van der Waals surface area contributed by atoms with Crippen LogP contribution >= 0.6 is 0 Å². The Kier molecular flexibility index (Phi) is 2.17. The van der Waals surface area contributed by atoms with Gasteiger partial charge in [0, 0.05) is 11.6 Å². The monoisotopic (exact) mass is 203 g/mol. The van der Waals surface area contributed by atoms with Gasteiger partial charge in [-0.15, -0.1) is 0 Å². The first-order valence-corrected chi connectivity index (χ1v) is 5.93. The Balaban J connectivity index is 2.08. The maximum Gasteiger partial charge on any atom is 0.120 e. The molecule has 2 N–H and O–H groups in total. The second kappa shape index (κ2) is 3.53. The molecule has 1 atom stereocenters. The summed E-state index contributed by atoms with van der Waals surface area (Å²) >= 11 is 0. The highest BCUT2D eigenvalue weighted by Gasteiger charge is 2.25. The zero-order chi connectivity index (χ0) is 10.3. The van der Waals surface area contributed by atoms with Crippen LogP contribution < -0.4 is 5.32 Å². The summed E-state index contributed by atoms with van der Waals surface area (Å²) in [6.07, 6.45) is 5.99. The summed E-state index contributed by atoms with van der Waals surface area (Å²) < 4.78 is 0. The van der Waals surface area contributed by atoms with Gasteiger partial charge in [-0.3, -0.25) is 0 Å². The van der Waals surface area contributed by atoms with Gasteiger partial charge in [-0.05, 0) is 55.8 Å². The number of phenols is 1. The Morgan fingerprint density at radius 3 is 2.93 bits per heavy atom. The van der Waals surface area contributed by atoms with Crippen LogP contribution in [0.15, 0.2) is 12.1 Å². The van der Waals surface area contributed by atoms with Gasteiger partial charge >= 0.3 is 0 Å². The quantitative estimate of drug-likeness (QED) is 0.734. The van der Waals surface area contributed by atoms with E-state index in [2.05, 4.69) is 11.4 Å². The number of aromatic hydroxyl groups is 1. The fraction of sp³-hybridized carbons (Fsp3) is 0.538. The lowest BCUT2D eigenvalue weighted by atomic mass is 9.95. The van der Waals surface area contributed by atoms with Crippen molar-refractivity contribution in [1.29, 1.82) is 0 Å². The molecule has 15 heavy (non-hydrogen) atoms. The summed E-state index contributed by atoms with van der Waals surface area (Å²) in [5.74, 6) is 0.495. The molecule has 1 fully saturated rings. The molecule has 1 aromatic carbocycles. The SMILES string of the molecule is Oc1ccc2c(c1C1CCCN1)CCC2. The topological polar surface area (TPSA) is 32.3 Å². The van der Waals surface area contributed by atoms with Gasteiger partial charge in [0.25, 0.3) is 0 Å². The lowest BCUT2D eigenvalue weighted by Gasteiger charge is -2.17. The smallest absolute Gasteiger partial charge is 0.120 e. The Morgan fingerprint density at radius 2 is 2.13 bits per heavy atom. The molecule has 0 amide bonds. The number of hydrogen-bond donors (Lipinski definition) is 2. The van der Waals surface area contributed by atoms with Crippen LogP contribution in [0.2, 0.25) is 0 Å². The molecule has 1 saturated heterocycles. The summed E-state index contributed by atoms with van der Waals surface area (Å²) in [4.78, 5) is 0. The molecule has 0 radical (unpaired) electrons. The second-order valence-electron chi connectivity index (χ2n) is 4.64. The van der Waals surface area contributed by atoms with Crippen LogP contribution in [0.1, 0.15) is 42.0 Å². The first-order valence-electron chi connectivity index (χ1n) is 5.93. The van der Waals surface area contributed by atoms with Gasteiger partial charge in [0.05, 0.1) is 0 Å². The minimum atomic E-state index is 0.401. The summed E-state index contributed by atoms with van der Waals surface area (Å²) in [7, 11) is 0. The van der Waals surface area contributed by atoms with Crippen molar-refractivity contribution in [3.8, 4) is 5.75 Å². The Bertz CT molecular complexity index is 380. The second-order valence-corrected chi connectivity index (χ2v) is 4.64. The average Bonchev–Trinajstić information content (AvgIpc) is 2.85. The minimum absolute atomic E-state index is 0.401. The molecule has 2 nitrogen and oxygen atoms in total. The average molecular weight is 203 g/mol. The molecular weight excluding hydrogens is 186 g/mol. The van der Waals surface area contributed by atoms with E-state index >= 15 is 0 Å². The maximum atomic E-state index is 10.00. The van der Waals surface area contributed by atoms with E-state index in [1.165, 1.54) is 42.4 Å². The Labute approximate surface area is 90.3 Å². The Hall–Kier alpha value is -1.02. The van der Waals surface area contributed by atoms with Gasteiger partial charge in [0.15, 0.2) is 0 Å². The van der Waals surface area contributed by atoms with Crippen LogP contribution in [0.25, 0.3) is 0 Å². The first kappa shape index (κ1) is 9.22. The molecule has 1 aliphatic carbocycles. The van der Waals surface area contributed by atoms with Crippen LogP contribution in [0.3, 0.4) is 0 Å². The molecule has 2 heteroatoms. The third-order valence-electron chi connectivity index (χ3n) is 3.71. The molecule has 0 aromatic heterocycles. The fourth-order valence-electron chi connectivity index (χ4n) is 3.00. The van der Waals surface area contributed by atoms with Crippen molar-refractivity contribution < 1.29 is 5.11 Å². The Morgan fingerprint density at radius 1 is 1.20 bits per heavy atom. The highest BCUT2D eigenvalue weighted by Crippen LogP contribution is 2.38. The summed E-state index contributed by atoms with van der Waals surface area (Å²) in [6, 6.07) is 4.37. The maximum absolute atomic E-state index is 10.00. The number of aryl methyl sites for hydroxylation is 1. The lowest BCUT2D eigenvalue weighted by Crippen LogP contribution is -2.14. The van der Waals surface area contributed by atoms with Crippen LogP contribution in [0, 0.1) is 0 Å². The van der Waals surface area contributed by atoms with Gasteiger partial charge in [0.2, 0.25) is 0 Å². The normalized spacial score (nSPS) is 24.4. The molecule has 1 unspecified atom stereocenters. The van der Waals surface area contributed by atoms with Gasteiger partial charge in [-0.1, -0.05) is 6.07 Å². The highest BCUT2D eigenvalue weighted by molar-refractivity contribution is 5.48. The molecule has 0 saturated carbocycles. The molecule has 1 heterocycles. The third kappa shape index (κ3) is 1.44. The number of phenolic OH excluding ortho intramolecular Hbond substituents is 1. The van der Waals surface area contributed by atoms with E-state index in [1.54, 1.807) is 0 Å². The lowest BCUT2D eigenvalue weighted by molar-refractivity contribution is 0.455. The van der Waals surface area contributed by atoms with Gasteiger partial charge in [-0.25, -0.2) is 0 Å². The number of rotatable bonds is 1. The van der Waals surface area contributed by atoms with Crippen LogP contribution in [0.5, 0.6) is 5.75 Å². The number of nitrogens with one attached hydrogen (secondary N) is 1. The molecule has 80 valence electrons. The van der Waals surface area contributed by atoms with Crippen molar-refractivity contribution in [2.75, 3.05) is 6.54 Å².